The van der Waals surface area contributed by atoms with Crippen LogP contribution in [0.1, 0.15) is 44.2 Å². The summed E-state index contributed by atoms with van der Waals surface area (Å²) in [6.07, 6.45) is 6.90. The fraction of sp³-hybridized carbons (Fsp3) is 0.571. The van der Waals surface area contributed by atoms with Crippen molar-refractivity contribution in [3.63, 3.8) is 0 Å². The highest BCUT2D eigenvalue weighted by molar-refractivity contribution is 5.89. The molecule has 2 heterocycles. The van der Waals surface area contributed by atoms with Crippen molar-refractivity contribution >= 4 is 17.8 Å². The predicted molar refractivity (Wildman–Crippen MR) is 150 cm³/mol. The maximum atomic E-state index is 12.8. The number of fused-ring (bicyclic) bond motifs is 1. The van der Waals surface area contributed by atoms with E-state index in [-0.39, 0.29) is 17.8 Å². The monoisotopic (exact) mass is 536 g/mol. The largest absolute Gasteiger partial charge is 0.354 e. The number of anilines is 1. The number of nitrogens with two attached hydrogens (primary N) is 2. The minimum Gasteiger partial charge on any atom is -0.338 e. The molecule has 6 N–H and O–H groups in total. The van der Waals surface area contributed by atoms with Gasteiger partial charge in [-0.3, -0.25) is 14.7 Å². The van der Waals surface area contributed by atoms with Crippen LogP contribution in [0.25, 0.3) is 5.69 Å². The molecule has 2 aliphatic carbocycles. The average Bonchev–Trinajstić information content (AvgIpc) is 2.89. The Hall–Kier alpha value is -3.28. The summed E-state index contributed by atoms with van der Waals surface area (Å²) in [5.41, 5.74) is 13.8. The molecule has 0 radical (unpaired) electrons. The van der Waals surface area contributed by atoms with Crippen molar-refractivity contribution in [1.29, 1.82) is 0 Å². The number of hydrogen-bond donors (Lipinski definition) is 4. The van der Waals surface area contributed by atoms with E-state index < -0.39 is 11.2 Å². The Balaban J connectivity index is 1.16. The third-order valence-corrected chi connectivity index (χ3v) is 8.11. The normalized spacial score (nSPS) is 23.1. The predicted octanol–water partition coefficient (Wildman–Crippen LogP) is 0.830. The summed E-state index contributed by atoms with van der Waals surface area (Å²) < 4.78 is 1.50. The van der Waals surface area contributed by atoms with Crippen LogP contribution in [0.15, 0.2) is 35.3 Å². The zero-order valence-electron chi connectivity index (χ0n) is 22.9. The van der Waals surface area contributed by atoms with Crippen molar-refractivity contribution in [2.45, 2.75) is 63.6 Å². The van der Waals surface area contributed by atoms with Gasteiger partial charge in [0, 0.05) is 44.5 Å². The van der Waals surface area contributed by atoms with E-state index in [0.29, 0.717) is 44.2 Å². The van der Waals surface area contributed by atoms with Crippen LogP contribution in [0.4, 0.5) is 10.6 Å². The van der Waals surface area contributed by atoms with Crippen LogP contribution in [0.5, 0.6) is 0 Å². The van der Waals surface area contributed by atoms with Gasteiger partial charge in [0.15, 0.2) is 0 Å². The van der Waals surface area contributed by atoms with E-state index in [1.54, 1.807) is 35.9 Å². The molecule has 11 heteroatoms. The van der Waals surface area contributed by atoms with Gasteiger partial charge in [-0.2, -0.15) is 4.98 Å². The summed E-state index contributed by atoms with van der Waals surface area (Å²) >= 11 is 0. The second-order valence-electron chi connectivity index (χ2n) is 11.8. The van der Waals surface area contributed by atoms with Crippen LogP contribution in [0, 0.1) is 5.92 Å². The molecule has 3 aliphatic rings. The second kappa shape index (κ2) is 11.1. The van der Waals surface area contributed by atoms with Gasteiger partial charge >= 0.3 is 11.7 Å². The Bertz CT molecular complexity index is 1270. The lowest BCUT2D eigenvalue weighted by atomic mass is 9.80. The maximum Gasteiger partial charge on any atom is 0.354 e. The Labute approximate surface area is 228 Å². The molecular formula is C28H40N8O3. The Morgan fingerprint density at radius 1 is 1.08 bits per heavy atom. The van der Waals surface area contributed by atoms with Crippen molar-refractivity contribution in [3.05, 3.63) is 52.1 Å². The number of piperazine rings is 1. The number of carbonyl (C=O) groups is 2. The highest BCUT2D eigenvalue weighted by atomic mass is 16.2. The average molecular weight is 537 g/mol. The first-order chi connectivity index (χ1) is 18.6. The molecule has 1 saturated heterocycles. The molecule has 1 aliphatic heterocycles. The highest BCUT2D eigenvalue weighted by Gasteiger charge is 2.31. The van der Waals surface area contributed by atoms with Crippen LogP contribution in [0.2, 0.25) is 0 Å². The summed E-state index contributed by atoms with van der Waals surface area (Å²) in [5.74, 6) is 0.768. The van der Waals surface area contributed by atoms with E-state index in [2.05, 4.69) is 27.8 Å². The summed E-state index contributed by atoms with van der Waals surface area (Å²) in [7, 11) is 0. The van der Waals surface area contributed by atoms with Crippen LogP contribution in [-0.4, -0.2) is 81.6 Å². The summed E-state index contributed by atoms with van der Waals surface area (Å²) in [5, 5.41) is 6.43. The van der Waals surface area contributed by atoms with E-state index in [9.17, 15) is 14.4 Å². The number of carbonyl (C=O) groups excluding carboxylic acids is 2. The summed E-state index contributed by atoms with van der Waals surface area (Å²) in [4.78, 5) is 45.3. The van der Waals surface area contributed by atoms with Gasteiger partial charge in [-0.15, -0.1) is 0 Å². The molecule has 11 nitrogen and oxygen atoms in total. The Morgan fingerprint density at radius 2 is 1.79 bits per heavy atom. The van der Waals surface area contributed by atoms with Crippen LogP contribution in [-0.2, 0) is 17.6 Å². The molecule has 1 aromatic heterocycles. The van der Waals surface area contributed by atoms with Gasteiger partial charge in [-0.25, -0.2) is 9.59 Å². The number of nitrogens with one attached hydrogen (secondary N) is 2. The van der Waals surface area contributed by atoms with Gasteiger partial charge in [-0.1, -0.05) is 6.07 Å². The fourth-order valence-electron chi connectivity index (χ4n) is 5.73. The molecule has 1 atom stereocenters. The topological polar surface area (TPSA) is 152 Å². The zero-order chi connectivity index (χ0) is 27.7. The first kappa shape index (κ1) is 27.3. The molecule has 2 aromatic rings. The number of hydrogen-bond acceptors (Lipinski definition) is 7. The Kier molecular flexibility index (Phi) is 7.75. The fourth-order valence-corrected chi connectivity index (χ4v) is 5.73. The van der Waals surface area contributed by atoms with Gasteiger partial charge in [0.05, 0.1) is 11.2 Å². The van der Waals surface area contributed by atoms with E-state index >= 15 is 0 Å². The lowest BCUT2D eigenvalue weighted by Gasteiger charge is -2.37. The van der Waals surface area contributed by atoms with E-state index in [1.807, 2.05) is 6.07 Å². The molecule has 2 fully saturated rings. The van der Waals surface area contributed by atoms with Crippen molar-refractivity contribution in [2.24, 2.45) is 17.4 Å². The van der Waals surface area contributed by atoms with Crippen molar-refractivity contribution < 1.29 is 9.59 Å². The molecule has 210 valence electrons. The molecule has 5 rings (SSSR count). The first-order valence-electron chi connectivity index (χ1n) is 13.9. The van der Waals surface area contributed by atoms with E-state index in [1.165, 1.54) is 15.7 Å². The first-order valence-corrected chi connectivity index (χ1v) is 13.9. The van der Waals surface area contributed by atoms with Gasteiger partial charge < -0.3 is 26.6 Å². The lowest BCUT2D eigenvalue weighted by molar-refractivity contribution is -0.137. The van der Waals surface area contributed by atoms with Crippen molar-refractivity contribution in [3.8, 4) is 5.69 Å². The molecule has 3 amide bonds. The number of nitrogens with zero attached hydrogens (tertiary/aromatic N) is 4. The molecule has 1 saturated carbocycles. The Morgan fingerprint density at radius 3 is 2.46 bits per heavy atom. The highest BCUT2D eigenvalue weighted by Crippen LogP contribution is 2.27. The molecule has 1 aromatic carbocycles. The van der Waals surface area contributed by atoms with E-state index in [4.69, 9.17) is 11.5 Å². The molecule has 1 unspecified atom stereocenters. The number of urea groups is 1. The van der Waals surface area contributed by atoms with Crippen LogP contribution in [0.3, 0.4) is 0 Å². The standard InChI is InChI=1S/C28H40N8O3/c1-28(2,30)25(37)34-9-11-35(12-10-34)26(38)32-24-7-8-36(27(39)33-24)23-6-4-19-15-22(5-3-20(19)16-23)31-17-18-13-21(29)14-18/h4,6-8,16,18,21-22,31H,3,5,9-15,17,29-30H2,1-2H3,(H,32,33,38,39)/t18-,21+,22?. The van der Waals surface area contributed by atoms with Crippen molar-refractivity contribution in [1.82, 2.24) is 24.7 Å². The molecule has 0 spiro atoms. The summed E-state index contributed by atoms with van der Waals surface area (Å²) in [6, 6.07) is 8.27. The number of amides is 3. The molecular weight excluding hydrogens is 496 g/mol. The lowest BCUT2D eigenvalue weighted by Crippen LogP contribution is -2.58. The van der Waals surface area contributed by atoms with Crippen LogP contribution < -0.4 is 27.8 Å². The minimum absolute atomic E-state index is 0.138. The zero-order valence-corrected chi connectivity index (χ0v) is 22.9. The maximum absolute atomic E-state index is 12.8. The van der Waals surface area contributed by atoms with Crippen LogP contribution >= 0.6 is 0 Å². The van der Waals surface area contributed by atoms with Crippen molar-refractivity contribution in [2.75, 3.05) is 38.0 Å². The van der Waals surface area contributed by atoms with E-state index in [0.717, 1.165) is 44.3 Å². The quantitative estimate of drug-likeness (QED) is 0.427. The SMILES string of the molecule is CC(C)(N)C(=O)N1CCN(C(=O)Nc2ccn(-c3ccc4c(c3)CCC(NC[C@H]3C[C@@H](N)C3)C4)c(=O)n2)CC1. The van der Waals surface area contributed by atoms with Gasteiger partial charge in [0.25, 0.3) is 0 Å². The molecule has 39 heavy (non-hydrogen) atoms. The van der Waals surface area contributed by atoms with Gasteiger partial charge in [0.2, 0.25) is 5.91 Å². The summed E-state index contributed by atoms with van der Waals surface area (Å²) in [6.45, 7) is 5.97. The third-order valence-electron chi connectivity index (χ3n) is 8.11. The number of benzene rings is 1. The molecule has 0 bridgehead atoms. The van der Waals surface area contributed by atoms with Gasteiger partial charge in [0.1, 0.15) is 5.82 Å². The minimum atomic E-state index is -0.944. The smallest absolute Gasteiger partial charge is 0.338 e. The number of rotatable bonds is 6. The second-order valence-corrected chi connectivity index (χ2v) is 11.8. The third kappa shape index (κ3) is 6.32. The number of aryl methyl sites for hydroxylation is 1. The number of aromatic nitrogens is 2. The van der Waals surface area contributed by atoms with Gasteiger partial charge in [-0.05, 0) is 87.7 Å².